The number of benzene rings is 2. The second-order valence-corrected chi connectivity index (χ2v) is 3.99. The molecule has 0 saturated carbocycles. The van der Waals surface area contributed by atoms with Crippen LogP contribution in [0.1, 0.15) is 21.5 Å². The van der Waals surface area contributed by atoms with Crippen molar-refractivity contribution in [1.29, 1.82) is 5.26 Å². The summed E-state index contributed by atoms with van der Waals surface area (Å²) in [6, 6.07) is 15.8. The molecule has 0 aliphatic heterocycles. The van der Waals surface area contributed by atoms with Crippen LogP contribution in [0.5, 0.6) is 0 Å². The maximum absolute atomic E-state index is 12.2. The van der Waals surface area contributed by atoms with Crippen LogP contribution in [0.4, 0.5) is 0 Å². The lowest BCUT2D eigenvalue weighted by molar-refractivity contribution is 0.103. The second kappa shape index (κ2) is 4.86. The lowest BCUT2D eigenvalue weighted by atomic mass is 9.99. The van der Waals surface area contributed by atoms with Gasteiger partial charge >= 0.3 is 0 Å². The molecule has 0 spiro atoms. The number of hydrogen-bond acceptors (Lipinski definition) is 3. The van der Waals surface area contributed by atoms with E-state index in [1.54, 1.807) is 42.5 Å². The summed E-state index contributed by atoms with van der Waals surface area (Å²) >= 11 is 4.25. The summed E-state index contributed by atoms with van der Waals surface area (Å²) in [5.74, 6) is -0.173. The van der Waals surface area contributed by atoms with Crippen LogP contribution < -0.4 is 0 Å². The number of hydrogen-bond donors (Lipinski definition) is 1. The lowest BCUT2D eigenvalue weighted by Gasteiger charge is -2.05. The summed E-state index contributed by atoms with van der Waals surface area (Å²) in [5, 5.41) is 8.96. The van der Waals surface area contributed by atoms with Crippen molar-refractivity contribution >= 4 is 18.4 Å². The number of rotatable bonds is 2. The quantitative estimate of drug-likeness (QED) is 0.646. The number of thiol groups is 1. The van der Waals surface area contributed by atoms with E-state index in [-0.39, 0.29) is 5.78 Å². The first-order chi connectivity index (χ1) is 8.24. The van der Waals surface area contributed by atoms with Crippen LogP contribution >= 0.6 is 12.6 Å². The van der Waals surface area contributed by atoms with Gasteiger partial charge in [-0.1, -0.05) is 24.3 Å². The van der Waals surface area contributed by atoms with Gasteiger partial charge in [-0.2, -0.15) is 5.26 Å². The molecule has 2 rings (SSSR count). The zero-order chi connectivity index (χ0) is 12.3. The highest BCUT2D eigenvalue weighted by molar-refractivity contribution is 7.80. The standard InChI is InChI=1S/C14H9NOS/c15-9-10-5-1-2-6-11(10)14(16)12-7-3-4-8-13(12)17/h1-8,17H. The first-order valence-electron chi connectivity index (χ1n) is 5.06. The number of ketones is 1. The Morgan fingerprint density at radius 1 is 1.00 bits per heavy atom. The lowest BCUT2D eigenvalue weighted by Crippen LogP contribution is -2.04. The summed E-state index contributed by atoms with van der Waals surface area (Å²) in [6.45, 7) is 0. The van der Waals surface area contributed by atoms with Crippen LogP contribution in [0.25, 0.3) is 0 Å². The molecule has 0 heterocycles. The zero-order valence-corrected chi connectivity index (χ0v) is 9.82. The molecule has 3 heteroatoms. The highest BCUT2D eigenvalue weighted by Gasteiger charge is 2.14. The molecule has 0 aromatic heterocycles. The largest absolute Gasteiger partial charge is 0.289 e. The van der Waals surface area contributed by atoms with Gasteiger partial charge in [-0.05, 0) is 24.3 Å². The van der Waals surface area contributed by atoms with Crippen molar-refractivity contribution in [2.75, 3.05) is 0 Å². The molecule has 0 amide bonds. The third-order valence-electron chi connectivity index (χ3n) is 2.44. The fourth-order valence-electron chi connectivity index (χ4n) is 1.59. The van der Waals surface area contributed by atoms with Crippen molar-refractivity contribution in [3.63, 3.8) is 0 Å². The van der Waals surface area contributed by atoms with E-state index in [0.717, 1.165) is 0 Å². The van der Waals surface area contributed by atoms with E-state index in [9.17, 15) is 4.79 Å². The molecular weight excluding hydrogens is 230 g/mol. The van der Waals surface area contributed by atoms with Crippen molar-refractivity contribution in [2.24, 2.45) is 0 Å². The van der Waals surface area contributed by atoms with Gasteiger partial charge in [0.15, 0.2) is 5.78 Å². The number of nitriles is 1. The zero-order valence-electron chi connectivity index (χ0n) is 8.92. The normalized spacial score (nSPS) is 9.65. The highest BCUT2D eigenvalue weighted by Crippen LogP contribution is 2.19. The van der Waals surface area contributed by atoms with E-state index in [1.165, 1.54) is 0 Å². The number of carbonyl (C=O) groups is 1. The van der Waals surface area contributed by atoms with Crippen molar-refractivity contribution < 1.29 is 4.79 Å². The second-order valence-electron chi connectivity index (χ2n) is 3.50. The Labute approximate surface area is 105 Å². The van der Waals surface area contributed by atoms with Gasteiger partial charge in [0.05, 0.1) is 11.6 Å². The Kier molecular flexibility index (Phi) is 3.27. The Bertz CT molecular complexity index is 614. The van der Waals surface area contributed by atoms with Crippen LogP contribution in [-0.2, 0) is 0 Å². The average molecular weight is 239 g/mol. The molecule has 2 aromatic carbocycles. The average Bonchev–Trinajstić information content (AvgIpc) is 2.38. The highest BCUT2D eigenvalue weighted by atomic mass is 32.1. The fraction of sp³-hybridized carbons (Fsp3) is 0. The minimum absolute atomic E-state index is 0.173. The van der Waals surface area contributed by atoms with Crippen molar-refractivity contribution in [2.45, 2.75) is 4.90 Å². The van der Waals surface area contributed by atoms with Crippen LogP contribution in [0.15, 0.2) is 53.4 Å². The SMILES string of the molecule is N#Cc1ccccc1C(=O)c1ccccc1S. The van der Waals surface area contributed by atoms with Crippen molar-refractivity contribution in [3.05, 3.63) is 65.2 Å². The minimum atomic E-state index is -0.173. The Morgan fingerprint density at radius 2 is 1.59 bits per heavy atom. The van der Waals surface area contributed by atoms with Crippen molar-refractivity contribution in [3.8, 4) is 6.07 Å². The molecule has 2 aromatic rings. The first kappa shape index (κ1) is 11.4. The minimum Gasteiger partial charge on any atom is -0.289 e. The van der Waals surface area contributed by atoms with Gasteiger partial charge in [-0.15, -0.1) is 12.6 Å². The van der Waals surface area contributed by atoms with E-state index < -0.39 is 0 Å². The maximum atomic E-state index is 12.2. The molecule has 0 saturated heterocycles. The predicted molar refractivity (Wildman–Crippen MR) is 68.3 cm³/mol. The predicted octanol–water partition coefficient (Wildman–Crippen LogP) is 3.08. The molecule has 0 aliphatic rings. The molecule has 0 bridgehead atoms. The molecule has 0 atom stereocenters. The summed E-state index contributed by atoms with van der Waals surface area (Å²) in [4.78, 5) is 12.9. The van der Waals surface area contributed by atoms with Crippen LogP contribution in [0.3, 0.4) is 0 Å². The molecule has 0 unspecified atom stereocenters. The molecule has 0 fully saturated rings. The number of nitrogens with zero attached hydrogens (tertiary/aromatic N) is 1. The molecule has 0 aliphatic carbocycles. The van der Waals surface area contributed by atoms with E-state index >= 15 is 0 Å². The molecular formula is C14H9NOS. The molecule has 17 heavy (non-hydrogen) atoms. The first-order valence-corrected chi connectivity index (χ1v) is 5.50. The smallest absolute Gasteiger partial charge is 0.195 e. The van der Waals surface area contributed by atoms with Gasteiger partial charge in [0.2, 0.25) is 0 Å². The molecule has 82 valence electrons. The third kappa shape index (κ3) is 2.22. The molecule has 2 nitrogen and oxygen atoms in total. The van der Waals surface area contributed by atoms with Gasteiger partial charge in [-0.25, -0.2) is 0 Å². The van der Waals surface area contributed by atoms with Gasteiger partial charge in [0.1, 0.15) is 0 Å². The third-order valence-corrected chi connectivity index (χ3v) is 2.83. The number of carbonyl (C=O) groups excluding carboxylic acids is 1. The van der Waals surface area contributed by atoms with Crippen LogP contribution in [0.2, 0.25) is 0 Å². The van der Waals surface area contributed by atoms with Crippen LogP contribution in [-0.4, -0.2) is 5.78 Å². The Hall–Kier alpha value is -2.05. The fourth-order valence-corrected chi connectivity index (χ4v) is 1.85. The summed E-state index contributed by atoms with van der Waals surface area (Å²) in [6.07, 6.45) is 0. The molecule has 0 N–H and O–H groups in total. The Balaban J connectivity index is 2.53. The van der Waals surface area contributed by atoms with Crippen LogP contribution in [0, 0.1) is 11.3 Å². The topological polar surface area (TPSA) is 40.9 Å². The van der Waals surface area contributed by atoms with Gasteiger partial charge in [0.25, 0.3) is 0 Å². The van der Waals surface area contributed by atoms with Gasteiger partial charge in [0, 0.05) is 16.0 Å². The van der Waals surface area contributed by atoms with Crippen molar-refractivity contribution in [1.82, 2.24) is 0 Å². The Morgan fingerprint density at radius 3 is 2.24 bits per heavy atom. The van der Waals surface area contributed by atoms with Gasteiger partial charge < -0.3 is 0 Å². The summed E-state index contributed by atoms with van der Waals surface area (Å²) < 4.78 is 0. The summed E-state index contributed by atoms with van der Waals surface area (Å²) in [5.41, 5.74) is 1.31. The van der Waals surface area contributed by atoms with E-state index in [1.807, 2.05) is 12.1 Å². The van der Waals surface area contributed by atoms with E-state index in [4.69, 9.17) is 5.26 Å². The van der Waals surface area contributed by atoms with Gasteiger partial charge in [-0.3, -0.25) is 4.79 Å². The van der Waals surface area contributed by atoms with E-state index in [0.29, 0.717) is 21.6 Å². The van der Waals surface area contributed by atoms with E-state index in [2.05, 4.69) is 12.6 Å². The summed E-state index contributed by atoms with van der Waals surface area (Å²) in [7, 11) is 0. The maximum Gasteiger partial charge on any atom is 0.195 e. The monoisotopic (exact) mass is 239 g/mol. The molecule has 0 radical (unpaired) electrons.